The Labute approximate surface area is 128 Å². The molecule has 4 rings (SSSR count). The summed E-state index contributed by atoms with van der Waals surface area (Å²) < 4.78 is 2.70. The van der Waals surface area contributed by atoms with Crippen molar-refractivity contribution in [3.8, 4) is 0 Å². The molecule has 102 valence electrons. The maximum absolute atomic E-state index is 2.28. The fourth-order valence-electron chi connectivity index (χ4n) is 2.72. The molecule has 0 amide bonds. The number of thiophene rings is 1. The van der Waals surface area contributed by atoms with Gasteiger partial charge in [0.05, 0.1) is 0 Å². The van der Waals surface area contributed by atoms with Gasteiger partial charge in [-0.15, -0.1) is 11.3 Å². The zero-order valence-corrected chi connectivity index (χ0v) is 12.6. The van der Waals surface area contributed by atoms with Crippen LogP contribution < -0.4 is 4.90 Å². The molecular formula is C19H15NS. The Bertz CT molecular complexity index is 909. The van der Waals surface area contributed by atoms with Crippen LogP contribution in [0.2, 0.25) is 0 Å². The van der Waals surface area contributed by atoms with E-state index in [0.29, 0.717) is 0 Å². The van der Waals surface area contributed by atoms with Gasteiger partial charge in [-0.05, 0) is 30.3 Å². The van der Waals surface area contributed by atoms with E-state index in [-0.39, 0.29) is 0 Å². The SMILES string of the molecule is CN(c1ccccc1)c1ccc2c(c1)sc1ccccc12. The van der Waals surface area contributed by atoms with Crippen LogP contribution in [0.3, 0.4) is 0 Å². The second-order valence-electron chi connectivity index (χ2n) is 5.17. The molecular weight excluding hydrogens is 274 g/mol. The summed E-state index contributed by atoms with van der Waals surface area (Å²) in [5.41, 5.74) is 2.43. The van der Waals surface area contributed by atoms with Crippen molar-refractivity contribution in [2.24, 2.45) is 0 Å². The average molecular weight is 289 g/mol. The van der Waals surface area contributed by atoms with E-state index in [1.807, 2.05) is 17.4 Å². The first-order chi connectivity index (χ1) is 10.3. The maximum atomic E-state index is 2.28. The molecule has 0 spiro atoms. The van der Waals surface area contributed by atoms with E-state index in [1.165, 1.54) is 31.5 Å². The predicted molar refractivity (Wildman–Crippen MR) is 93.8 cm³/mol. The number of rotatable bonds is 2. The van der Waals surface area contributed by atoms with Crippen LogP contribution >= 0.6 is 11.3 Å². The highest BCUT2D eigenvalue weighted by molar-refractivity contribution is 7.25. The van der Waals surface area contributed by atoms with Crippen molar-refractivity contribution in [1.29, 1.82) is 0 Å². The number of hydrogen-bond acceptors (Lipinski definition) is 2. The Balaban J connectivity index is 1.85. The van der Waals surface area contributed by atoms with Gasteiger partial charge in [-0.25, -0.2) is 0 Å². The maximum Gasteiger partial charge on any atom is 0.0422 e. The van der Waals surface area contributed by atoms with E-state index in [2.05, 4.69) is 78.7 Å². The van der Waals surface area contributed by atoms with E-state index in [1.54, 1.807) is 0 Å². The summed E-state index contributed by atoms with van der Waals surface area (Å²) in [5, 5.41) is 2.70. The number of fused-ring (bicyclic) bond motifs is 3. The molecule has 2 heteroatoms. The highest BCUT2D eigenvalue weighted by Gasteiger charge is 2.08. The summed E-state index contributed by atoms with van der Waals surface area (Å²) in [4.78, 5) is 2.23. The monoisotopic (exact) mass is 289 g/mol. The van der Waals surface area contributed by atoms with Gasteiger partial charge in [-0.3, -0.25) is 0 Å². The van der Waals surface area contributed by atoms with Gasteiger partial charge < -0.3 is 4.90 Å². The lowest BCUT2D eigenvalue weighted by atomic mass is 10.1. The molecule has 0 saturated heterocycles. The lowest BCUT2D eigenvalue weighted by Gasteiger charge is -2.19. The molecule has 3 aromatic carbocycles. The van der Waals surface area contributed by atoms with Gasteiger partial charge in [-0.2, -0.15) is 0 Å². The Morgan fingerprint density at radius 3 is 2.24 bits per heavy atom. The van der Waals surface area contributed by atoms with Gasteiger partial charge in [0.2, 0.25) is 0 Å². The summed E-state index contributed by atoms with van der Waals surface area (Å²) in [6.45, 7) is 0. The fourth-order valence-corrected chi connectivity index (χ4v) is 3.86. The minimum atomic E-state index is 1.21. The average Bonchev–Trinajstić information content (AvgIpc) is 2.92. The molecule has 1 aromatic heterocycles. The second-order valence-corrected chi connectivity index (χ2v) is 6.26. The van der Waals surface area contributed by atoms with Crippen LogP contribution in [0.25, 0.3) is 20.2 Å². The largest absolute Gasteiger partial charge is 0.345 e. The molecule has 4 aromatic rings. The van der Waals surface area contributed by atoms with Gasteiger partial charge in [-0.1, -0.05) is 42.5 Å². The summed E-state index contributed by atoms with van der Waals surface area (Å²) in [6, 6.07) is 25.8. The van der Waals surface area contributed by atoms with Gasteiger partial charge in [0.1, 0.15) is 0 Å². The number of hydrogen-bond donors (Lipinski definition) is 0. The highest BCUT2D eigenvalue weighted by atomic mass is 32.1. The fraction of sp³-hybridized carbons (Fsp3) is 0.0526. The summed E-state index contributed by atoms with van der Waals surface area (Å²) in [5.74, 6) is 0. The third-order valence-corrected chi connectivity index (χ3v) is 5.03. The molecule has 0 atom stereocenters. The van der Waals surface area contributed by atoms with Crippen LogP contribution in [0.4, 0.5) is 11.4 Å². The quantitative estimate of drug-likeness (QED) is 0.449. The molecule has 0 aliphatic heterocycles. The molecule has 1 nitrogen and oxygen atoms in total. The Hall–Kier alpha value is -2.32. The minimum Gasteiger partial charge on any atom is -0.345 e. The normalized spacial score (nSPS) is 11.1. The lowest BCUT2D eigenvalue weighted by molar-refractivity contribution is 1.21. The molecule has 0 aliphatic rings. The second kappa shape index (κ2) is 4.90. The Morgan fingerprint density at radius 2 is 1.38 bits per heavy atom. The van der Waals surface area contributed by atoms with E-state index < -0.39 is 0 Å². The van der Waals surface area contributed by atoms with Crippen molar-refractivity contribution in [2.45, 2.75) is 0 Å². The van der Waals surface area contributed by atoms with Crippen LogP contribution in [-0.4, -0.2) is 7.05 Å². The van der Waals surface area contributed by atoms with Crippen molar-refractivity contribution in [2.75, 3.05) is 11.9 Å². The third kappa shape index (κ3) is 2.08. The third-order valence-electron chi connectivity index (χ3n) is 3.89. The van der Waals surface area contributed by atoms with Crippen LogP contribution in [0.1, 0.15) is 0 Å². The zero-order chi connectivity index (χ0) is 14.2. The summed E-state index contributed by atoms with van der Waals surface area (Å²) >= 11 is 1.86. The van der Waals surface area contributed by atoms with E-state index >= 15 is 0 Å². The van der Waals surface area contributed by atoms with Crippen molar-refractivity contribution in [1.82, 2.24) is 0 Å². The molecule has 0 aliphatic carbocycles. The number of nitrogens with zero attached hydrogens (tertiary/aromatic N) is 1. The Morgan fingerprint density at radius 1 is 0.667 bits per heavy atom. The van der Waals surface area contributed by atoms with Gasteiger partial charge >= 0.3 is 0 Å². The summed E-state index contributed by atoms with van der Waals surface area (Å²) in [7, 11) is 2.11. The number of benzene rings is 3. The smallest absolute Gasteiger partial charge is 0.0422 e. The van der Waals surface area contributed by atoms with Gasteiger partial charge in [0.25, 0.3) is 0 Å². The first-order valence-electron chi connectivity index (χ1n) is 7.03. The molecule has 21 heavy (non-hydrogen) atoms. The highest BCUT2D eigenvalue weighted by Crippen LogP contribution is 2.36. The van der Waals surface area contributed by atoms with E-state index in [9.17, 15) is 0 Å². The molecule has 0 fully saturated rings. The van der Waals surface area contributed by atoms with Crippen LogP contribution in [0.15, 0.2) is 72.8 Å². The molecule has 0 saturated carbocycles. The standard InChI is InChI=1S/C19H15NS/c1-20(14-7-3-2-4-8-14)15-11-12-17-16-9-5-6-10-18(16)21-19(17)13-15/h2-13H,1H3. The number of para-hydroxylation sites is 1. The first-order valence-corrected chi connectivity index (χ1v) is 7.85. The Kier molecular flexibility index (Phi) is 2.90. The van der Waals surface area contributed by atoms with Crippen molar-refractivity contribution >= 4 is 42.9 Å². The van der Waals surface area contributed by atoms with Crippen LogP contribution in [0.5, 0.6) is 0 Å². The molecule has 0 N–H and O–H groups in total. The zero-order valence-electron chi connectivity index (χ0n) is 11.8. The predicted octanol–water partition coefficient (Wildman–Crippen LogP) is 5.82. The van der Waals surface area contributed by atoms with Gasteiger partial charge in [0, 0.05) is 38.6 Å². The van der Waals surface area contributed by atoms with Crippen LogP contribution in [0, 0.1) is 0 Å². The van der Waals surface area contributed by atoms with Crippen molar-refractivity contribution in [3.05, 3.63) is 72.8 Å². The van der Waals surface area contributed by atoms with E-state index in [0.717, 1.165) is 0 Å². The first kappa shape index (κ1) is 12.4. The van der Waals surface area contributed by atoms with Crippen molar-refractivity contribution in [3.63, 3.8) is 0 Å². The van der Waals surface area contributed by atoms with E-state index in [4.69, 9.17) is 0 Å². The molecule has 0 unspecified atom stereocenters. The van der Waals surface area contributed by atoms with Crippen molar-refractivity contribution < 1.29 is 0 Å². The minimum absolute atomic E-state index is 1.21. The lowest BCUT2D eigenvalue weighted by Crippen LogP contribution is -2.08. The summed E-state index contributed by atoms with van der Waals surface area (Å²) in [6.07, 6.45) is 0. The molecule has 0 radical (unpaired) electrons. The molecule has 0 bridgehead atoms. The van der Waals surface area contributed by atoms with Gasteiger partial charge in [0.15, 0.2) is 0 Å². The number of anilines is 2. The molecule has 1 heterocycles. The van der Waals surface area contributed by atoms with Crippen LogP contribution in [-0.2, 0) is 0 Å². The topological polar surface area (TPSA) is 3.24 Å².